The molecule has 16 heavy (non-hydrogen) atoms. The summed E-state index contributed by atoms with van der Waals surface area (Å²) < 4.78 is 7.10. The van der Waals surface area contributed by atoms with Crippen LogP contribution in [0.25, 0.3) is 10.9 Å². The summed E-state index contributed by atoms with van der Waals surface area (Å²) in [6.07, 6.45) is 2.04. The SMILES string of the molecule is Cc1cn(C)c2ccc(OC(=O)CCl)cc12. The third-order valence-electron chi connectivity index (χ3n) is 2.50. The number of ether oxygens (including phenoxy) is 1. The minimum Gasteiger partial charge on any atom is -0.426 e. The first kappa shape index (κ1) is 11.0. The van der Waals surface area contributed by atoms with Crippen LogP contribution < -0.4 is 4.74 Å². The van der Waals surface area contributed by atoms with Gasteiger partial charge in [-0.3, -0.25) is 4.79 Å². The summed E-state index contributed by atoms with van der Waals surface area (Å²) in [7, 11) is 1.99. The Morgan fingerprint density at radius 3 is 2.94 bits per heavy atom. The zero-order valence-corrected chi connectivity index (χ0v) is 9.91. The molecule has 0 saturated heterocycles. The number of nitrogens with zero attached hydrogens (tertiary/aromatic N) is 1. The van der Waals surface area contributed by atoms with Gasteiger partial charge in [-0.15, -0.1) is 11.6 Å². The number of carbonyl (C=O) groups excluding carboxylic acids is 1. The molecular formula is C12H12ClNO2. The molecule has 1 aromatic carbocycles. The van der Waals surface area contributed by atoms with Gasteiger partial charge in [0, 0.05) is 24.1 Å². The molecule has 2 rings (SSSR count). The van der Waals surface area contributed by atoms with Crippen LogP contribution in [0.15, 0.2) is 24.4 Å². The van der Waals surface area contributed by atoms with Gasteiger partial charge in [0.25, 0.3) is 0 Å². The highest BCUT2D eigenvalue weighted by molar-refractivity contribution is 6.26. The number of benzene rings is 1. The molecule has 4 heteroatoms. The van der Waals surface area contributed by atoms with E-state index < -0.39 is 5.97 Å². The topological polar surface area (TPSA) is 31.2 Å². The summed E-state index contributed by atoms with van der Waals surface area (Å²) in [5.74, 6) is -0.0340. The first-order chi connectivity index (χ1) is 7.61. The van der Waals surface area contributed by atoms with Crippen molar-refractivity contribution in [1.29, 1.82) is 0 Å². The molecule has 0 fully saturated rings. The van der Waals surface area contributed by atoms with Crippen LogP contribution in [0, 0.1) is 6.92 Å². The minimum atomic E-state index is -0.436. The van der Waals surface area contributed by atoms with Crippen molar-refractivity contribution in [3.63, 3.8) is 0 Å². The third-order valence-corrected chi connectivity index (χ3v) is 2.72. The van der Waals surface area contributed by atoms with Crippen molar-refractivity contribution in [3.05, 3.63) is 30.0 Å². The molecule has 0 atom stereocenters. The molecular weight excluding hydrogens is 226 g/mol. The second-order valence-corrected chi connectivity index (χ2v) is 3.98. The second kappa shape index (κ2) is 4.18. The van der Waals surface area contributed by atoms with Crippen molar-refractivity contribution in [2.45, 2.75) is 6.92 Å². The van der Waals surface area contributed by atoms with Gasteiger partial charge in [-0.05, 0) is 30.7 Å². The van der Waals surface area contributed by atoms with E-state index in [9.17, 15) is 4.79 Å². The van der Waals surface area contributed by atoms with Crippen molar-refractivity contribution in [1.82, 2.24) is 4.57 Å². The fourth-order valence-electron chi connectivity index (χ4n) is 1.79. The summed E-state index contributed by atoms with van der Waals surface area (Å²) in [5, 5.41) is 1.09. The van der Waals surface area contributed by atoms with Crippen LogP contribution in [0.5, 0.6) is 5.75 Å². The molecule has 0 bridgehead atoms. The summed E-state index contributed by atoms with van der Waals surface area (Å²) in [6.45, 7) is 2.02. The molecule has 0 aliphatic rings. The molecule has 84 valence electrons. The number of rotatable bonds is 2. The molecule has 0 radical (unpaired) electrons. The molecule has 0 aliphatic carbocycles. The van der Waals surface area contributed by atoms with Crippen molar-refractivity contribution in [2.24, 2.45) is 7.05 Å². The number of esters is 1. The fraction of sp³-hybridized carbons (Fsp3) is 0.250. The maximum atomic E-state index is 11.0. The predicted octanol–water partition coefficient (Wildman–Crippen LogP) is 2.63. The van der Waals surface area contributed by atoms with E-state index in [1.165, 1.54) is 0 Å². The maximum absolute atomic E-state index is 11.0. The predicted molar refractivity (Wildman–Crippen MR) is 64.0 cm³/mol. The maximum Gasteiger partial charge on any atom is 0.326 e. The average Bonchev–Trinajstić information content (AvgIpc) is 2.54. The number of fused-ring (bicyclic) bond motifs is 1. The molecule has 0 spiro atoms. The lowest BCUT2D eigenvalue weighted by molar-refractivity contribution is -0.131. The Morgan fingerprint density at radius 2 is 2.25 bits per heavy atom. The quantitative estimate of drug-likeness (QED) is 0.457. The summed E-state index contributed by atoms with van der Waals surface area (Å²) in [6, 6.07) is 5.56. The summed E-state index contributed by atoms with van der Waals surface area (Å²) in [5.41, 5.74) is 2.27. The Bertz CT molecular complexity index is 545. The number of aromatic nitrogens is 1. The second-order valence-electron chi connectivity index (χ2n) is 3.71. The highest BCUT2D eigenvalue weighted by Gasteiger charge is 2.07. The smallest absolute Gasteiger partial charge is 0.326 e. The molecule has 2 aromatic rings. The molecule has 1 aromatic heterocycles. The van der Waals surface area contributed by atoms with Gasteiger partial charge in [-0.2, -0.15) is 0 Å². The van der Waals surface area contributed by atoms with Gasteiger partial charge < -0.3 is 9.30 Å². The van der Waals surface area contributed by atoms with Gasteiger partial charge in [0.1, 0.15) is 11.6 Å². The van der Waals surface area contributed by atoms with Crippen LogP contribution >= 0.6 is 11.6 Å². The first-order valence-electron chi connectivity index (χ1n) is 4.94. The number of carbonyl (C=O) groups is 1. The van der Waals surface area contributed by atoms with E-state index in [1.807, 2.05) is 36.9 Å². The van der Waals surface area contributed by atoms with Crippen LogP contribution in [-0.4, -0.2) is 16.4 Å². The van der Waals surface area contributed by atoms with Crippen molar-refractivity contribution in [3.8, 4) is 5.75 Å². The normalized spacial score (nSPS) is 10.7. The largest absolute Gasteiger partial charge is 0.426 e. The summed E-state index contributed by atoms with van der Waals surface area (Å²) in [4.78, 5) is 11.0. The minimum absolute atomic E-state index is 0.133. The molecule has 0 aliphatic heterocycles. The molecule has 0 N–H and O–H groups in total. The highest BCUT2D eigenvalue weighted by atomic mass is 35.5. The van der Waals surface area contributed by atoms with Crippen LogP contribution in [0.4, 0.5) is 0 Å². The first-order valence-corrected chi connectivity index (χ1v) is 5.47. The molecule has 0 saturated carbocycles. The van der Waals surface area contributed by atoms with Crippen LogP contribution in [0.2, 0.25) is 0 Å². The lowest BCUT2D eigenvalue weighted by Gasteiger charge is -2.03. The monoisotopic (exact) mass is 237 g/mol. The number of hydrogen-bond acceptors (Lipinski definition) is 2. The van der Waals surface area contributed by atoms with E-state index in [0.717, 1.165) is 16.5 Å². The van der Waals surface area contributed by atoms with Crippen molar-refractivity contribution < 1.29 is 9.53 Å². The zero-order chi connectivity index (χ0) is 11.7. The molecule has 1 heterocycles. The van der Waals surface area contributed by atoms with Crippen molar-refractivity contribution in [2.75, 3.05) is 5.88 Å². The van der Waals surface area contributed by atoms with Gasteiger partial charge in [-0.1, -0.05) is 0 Å². The number of halogens is 1. The highest BCUT2D eigenvalue weighted by Crippen LogP contribution is 2.24. The van der Waals surface area contributed by atoms with E-state index in [1.54, 1.807) is 6.07 Å². The van der Waals surface area contributed by atoms with E-state index >= 15 is 0 Å². The van der Waals surface area contributed by atoms with Crippen molar-refractivity contribution >= 4 is 28.5 Å². The third kappa shape index (κ3) is 1.91. The lowest BCUT2D eigenvalue weighted by Crippen LogP contribution is -2.08. The molecule has 0 unspecified atom stereocenters. The van der Waals surface area contributed by atoms with E-state index in [0.29, 0.717) is 5.75 Å². The van der Waals surface area contributed by atoms with E-state index in [-0.39, 0.29) is 5.88 Å². The zero-order valence-electron chi connectivity index (χ0n) is 9.16. The molecule has 0 amide bonds. The van der Waals surface area contributed by atoms with E-state index in [2.05, 4.69) is 0 Å². The standard InChI is InChI=1S/C12H12ClNO2/c1-8-7-14(2)11-4-3-9(5-10(8)11)16-12(15)6-13/h3-5,7H,6H2,1-2H3. The summed E-state index contributed by atoms with van der Waals surface area (Å²) >= 11 is 5.38. The Morgan fingerprint density at radius 1 is 1.50 bits per heavy atom. The van der Waals surface area contributed by atoms with Crippen LogP contribution in [0.1, 0.15) is 5.56 Å². The van der Waals surface area contributed by atoms with Gasteiger partial charge >= 0.3 is 5.97 Å². The Kier molecular flexibility index (Phi) is 2.88. The van der Waals surface area contributed by atoms with Gasteiger partial charge in [0.2, 0.25) is 0 Å². The number of hydrogen-bond donors (Lipinski definition) is 0. The van der Waals surface area contributed by atoms with Gasteiger partial charge in [-0.25, -0.2) is 0 Å². The average molecular weight is 238 g/mol. The fourth-order valence-corrected chi connectivity index (χ4v) is 1.84. The Balaban J connectivity index is 2.43. The van der Waals surface area contributed by atoms with Gasteiger partial charge in [0.05, 0.1) is 0 Å². The Labute approximate surface area is 98.6 Å². The number of aryl methyl sites for hydroxylation is 2. The lowest BCUT2D eigenvalue weighted by atomic mass is 10.2. The van der Waals surface area contributed by atoms with Crippen LogP contribution in [0.3, 0.4) is 0 Å². The van der Waals surface area contributed by atoms with Crippen LogP contribution in [-0.2, 0) is 11.8 Å². The molecule has 3 nitrogen and oxygen atoms in total. The van der Waals surface area contributed by atoms with E-state index in [4.69, 9.17) is 16.3 Å². The van der Waals surface area contributed by atoms with Gasteiger partial charge in [0.15, 0.2) is 0 Å². The Hall–Kier alpha value is -1.48. The number of alkyl halides is 1.